The molecule has 0 aliphatic heterocycles. The number of anilines is 1. The van der Waals surface area contributed by atoms with Crippen molar-refractivity contribution < 1.29 is 9.59 Å². The van der Waals surface area contributed by atoms with Crippen LogP contribution in [-0.2, 0) is 4.79 Å². The summed E-state index contributed by atoms with van der Waals surface area (Å²) < 4.78 is 0. The normalized spacial score (nSPS) is 15.3. The van der Waals surface area contributed by atoms with Crippen LogP contribution in [0.15, 0.2) is 72.2 Å². The van der Waals surface area contributed by atoms with Gasteiger partial charge in [-0.25, -0.2) is 0 Å². The Bertz CT molecular complexity index is 955. The third-order valence-corrected chi connectivity index (χ3v) is 6.33. The first kappa shape index (κ1) is 20.3. The zero-order chi connectivity index (χ0) is 20.8. The second kappa shape index (κ2) is 9.67. The van der Waals surface area contributed by atoms with Crippen molar-refractivity contribution >= 4 is 28.8 Å². The molecule has 2 amide bonds. The largest absolute Gasteiger partial charge is 0.351 e. The topological polar surface area (TPSA) is 62.3 Å². The summed E-state index contributed by atoms with van der Waals surface area (Å²) in [5.41, 5.74) is 0.985. The van der Waals surface area contributed by atoms with Gasteiger partial charge >= 0.3 is 0 Å². The summed E-state index contributed by atoms with van der Waals surface area (Å²) in [6, 6.07) is 17.8. The SMILES string of the molecule is O=C(NC1CCCCC1)[C@@H](c1cccs1)N(C(=O)c1ccccn1)c1ccccc1. The Kier molecular flexibility index (Phi) is 6.54. The summed E-state index contributed by atoms with van der Waals surface area (Å²) in [5, 5.41) is 5.15. The van der Waals surface area contributed by atoms with Gasteiger partial charge in [0.1, 0.15) is 5.69 Å². The smallest absolute Gasteiger partial charge is 0.277 e. The third kappa shape index (κ3) is 4.60. The molecule has 3 aromatic rings. The van der Waals surface area contributed by atoms with Gasteiger partial charge in [-0.15, -0.1) is 11.3 Å². The van der Waals surface area contributed by atoms with Crippen molar-refractivity contribution in [1.29, 1.82) is 0 Å². The van der Waals surface area contributed by atoms with Gasteiger partial charge in [-0.05, 0) is 48.6 Å². The Morgan fingerprint density at radius 1 is 0.967 bits per heavy atom. The van der Waals surface area contributed by atoms with Crippen LogP contribution < -0.4 is 10.2 Å². The van der Waals surface area contributed by atoms with Gasteiger partial charge in [-0.2, -0.15) is 0 Å². The number of amides is 2. The average Bonchev–Trinajstić information content (AvgIpc) is 3.33. The third-order valence-electron chi connectivity index (χ3n) is 5.41. The summed E-state index contributed by atoms with van der Waals surface area (Å²) in [6.45, 7) is 0. The quantitative estimate of drug-likeness (QED) is 0.613. The monoisotopic (exact) mass is 419 g/mol. The van der Waals surface area contributed by atoms with Crippen LogP contribution >= 0.6 is 11.3 Å². The molecule has 1 fully saturated rings. The maximum atomic E-state index is 13.6. The fourth-order valence-electron chi connectivity index (χ4n) is 3.93. The molecule has 1 aliphatic rings. The highest BCUT2D eigenvalue weighted by molar-refractivity contribution is 7.10. The van der Waals surface area contributed by atoms with E-state index in [9.17, 15) is 9.59 Å². The van der Waals surface area contributed by atoms with E-state index in [1.54, 1.807) is 29.3 Å². The van der Waals surface area contributed by atoms with Gasteiger partial charge in [0, 0.05) is 22.8 Å². The fraction of sp³-hybridized carbons (Fsp3) is 0.292. The van der Waals surface area contributed by atoms with E-state index in [-0.39, 0.29) is 17.9 Å². The van der Waals surface area contributed by atoms with Crippen LogP contribution in [0.3, 0.4) is 0 Å². The number of benzene rings is 1. The lowest BCUT2D eigenvalue weighted by molar-refractivity contribution is -0.123. The van der Waals surface area contributed by atoms with Crippen molar-refractivity contribution in [2.45, 2.75) is 44.2 Å². The van der Waals surface area contributed by atoms with Crippen LogP contribution in [0.5, 0.6) is 0 Å². The van der Waals surface area contributed by atoms with Crippen molar-refractivity contribution in [3.8, 4) is 0 Å². The van der Waals surface area contributed by atoms with E-state index in [1.807, 2.05) is 47.8 Å². The minimum absolute atomic E-state index is 0.141. The van der Waals surface area contributed by atoms with Gasteiger partial charge in [-0.3, -0.25) is 19.5 Å². The first-order chi connectivity index (χ1) is 14.7. The predicted octanol–water partition coefficient (Wildman–Crippen LogP) is 4.98. The van der Waals surface area contributed by atoms with E-state index in [1.165, 1.54) is 17.8 Å². The van der Waals surface area contributed by atoms with Gasteiger partial charge < -0.3 is 5.32 Å². The minimum Gasteiger partial charge on any atom is -0.351 e. The van der Waals surface area contributed by atoms with Crippen molar-refractivity contribution in [3.05, 3.63) is 82.8 Å². The molecule has 30 heavy (non-hydrogen) atoms. The van der Waals surface area contributed by atoms with E-state index in [0.717, 1.165) is 30.6 Å². The molecular formula is C24H25N3O2S. The highest BCUT2D eigenvalue weighted by Gasteiger charge is 2.35. The van der Waals surface area contributed by atoms with Crippen LogP contribution in [0.1, 0.15) is 53.5 Å². The molecule has 1 atom stereocenters. The van der Waals surface area contributed by atoms with Crippen LogP contribution in [0.2, 0.25) is 0 Å². The predicted molar refractivity (Wildman–Crippen MR) is 120 cm³/mol. The van der Waals surface area contributed by atoms with Crippen LogP contribution in [-0.4, -0.2) is 22.8 Å². The number of rotatable bonds is 6. The fourth-order valence-corrected chi connectivity index (χ4v) is 4.75. The molecule has 0 saturated heterocycles. The lowest BCUT2D eigenvalue weighted by Crippen LogP contribution is -2.47. The molecule has 4 rings (SSSR count). The molecule has 1 aliphatic carbocycles. The first-order valence-electron chi connectivity index (χ1n) is 10.4. The number of carbonyl (C=O) groups is 2. The summed E-state index contributed by atoms with van der Waals surface area (Å²) in [6.07, 6.45) is 7.05. The molecule has 0 spiro atoms. The highest BCUT2D eigenvalue weighted by Crippen LogP contribution is 2.32. The molecule has 1 saturated carbocycles. The Morgan fingerprint density at radius 2 is 1.73 bits per heavy atom. The lowest BCUT2D eigenvalue weighted by atomic mass is 9.95. The second-order valence-corrected chi connectivity index (χ2v) is 8.47. The molecule has 2 aromatic heterocycles. The maximum Gasteiger partial charge on any atom is 0.277 e. The Labute approximate surface area is 180 Å². The Hall–Kier alpha value is -2.99. The standard InChI is InChI=1S/C24H25N3O2S/c28-23(26-18-10-3-1-4-11-18)22(21-15-9-17-30-21)27(19-12-5-2-6-13-19)24(29)20-14-7-8-16-25-20/h2,5-9,12-18,22H,1,3-4,10-11H2,(H,26,28)/t22-/m1/s1. The number of pyridine rings is 1. The maximum absolute atomic E-state index is 13.6. The zero-order valence-electron chi connectivity index (χ0n) is 16.7. The number of nitrogens with zero attached hydrogens (tertiary/aromatic N) is 2. The first-order valence-corrected chi connectivity index (χ1v) is 11.3. The number of hydrogen-bond donors (Lipinski definition) is 1. The summed E-state index contributed by atoms with van der Waals surface area (Å²) in [7, 11) is 0. The molecular weight excluding hydrogens is 394 g/mol. The van der Waals surface area contributed by atoms with E-state index >= 15 is 0 Å². The van der Waals surface area contributed by atoms with Crippen molar-refractivity contribution in [2.75, 3.05) is 4.90 Å². The molecule has 0 unspecified atom stereocenters. The van der Waals surface area contributed by atoms with E-state index in [4.69, 9.17) is 0 Å². The second-order valence-electron chi connectivity index (χ2n) is 7.49. The molecule has 0 radical (unpaired) electrons. The number of nitrogens with one attached hydrogen (secondary N) is 1. The van der Waals surface area contributed by atoms with Gasteiger partial charge in [-0.1, -0.05) is 49.6 Å². The summed E-state index contributed by atoms with van der Waals surface area (Å²) in [5.74, 6) is -0.434. The minimum atomic E-state index is -0.746. The average molecular weight is 420 g/mol. The number of hydrogen-bond acceptors (Lipinski definition) is 4. The number of thiophene rings is 1. The number of carbonyl (C=O) groups excluding carboxylic acids is 2. The van der Waals surface area contributed by atoms with E-state index < -0.39 is 6.04 Å². The van der Waals surface area contributed by atoms with Gasteiger partial charge in [0.05, 0.1) is 0 Å². The number of para-hydroxylation sites is 1. The molecule has 6 heteroatoms. The van der Waals surface area contributed by atoms with Crippen LogP contribution in [0, 0.1) is 0 Å². The Morgan fingerprint density at radius 3 is 2.40 bits per heavy atom. The molecule has 0 bridgehead atoms. The van der Waals surface area contributed by atoms with Gasteiger partial charge in [0.2, 0.25) is 5.91 Å². The molecule has 5 nitrogen and oxygen atoms in total. The molecule has 1 N–H and O–H groups in total. The van der Waals surface area contributed by atoms with Crippen molar-refractivity contribution in [1.82, 2.24) is 10.3 Å². The van der Waals surface area contributed by atoms with Crippen molar-refractivity contribution in [2.24, 2.45) is 0 Å². The molecule has 1 aromatic carbocycles. The van der Waals surface area contributed by atoms with Gasteiger partial charge in [0.15, 0.2) is 6.04 Å². The summed E-state index contributed by atoms with van der Waals surface area (Å²) >= 11 is 1.48. The zero-order valence-corrected chi connectivity index (χ0v) is 17.6. The van der Waals surface area contributed by atoms with Crippen LogP contribution in [0.4, 0.5) is 5.69 Å². The summed E-state index contributed by atoms with van der Waals surface area (Å²) in [4.78, 5) is 33.8. The van der Waals surface area contributed by atoms with E-state index in [0.29, 0.717) is 11.4 Å². The lowest BCUT2D eigenvalue weighted by Gasteiger charge is -2.32. The number of aromatic nitrogens is 1. The van der Waals surface area contributed by atoms with E-state index in [2.05, 4.69) is 10.3 Å². The van der Waals surface area contributed by atoms with Gasteiger partial charge in [0.25, 0.3) is 5.91 Å². The highest BCUT2D eigenvalue weighted by atomic mass is 32.1. The Balaban J connectivity index is 1.73. The molecule has 2 heterocycles. The van der Waals surface area contributed by atoms with Crippen LogP contribution in [0.25, 0.3) is 0 Å². The van der Waals surface area contributed by atoms with Crippen molar-refractivity contribution in [3.63, 3.8) is 0 Å². The molecule has 154 valence electrons.